The number of rotatable bonds is 4. The van der Waals surface area contributed by atoms with Gasteiger partial charge in [-0.2, -0.15) is 0 Å². The van der Waals surface area contributed by atoms with E-state index in [2.05, 4.69) is 15.3 Å². The Morgan fingerprint density at radius 3 is 2.70 bits per heavy atom. The Kier molecular flexibility index (Phi) is 3.47. The van der Waals surface area contributed by atoms with Crippen LogP contribution in [0.1, 0.15) is 12.8 Å². The summed E-state index contributed by atoms with van der Waals surface area (Å²) in [5.41, 5.74) is 6.32. The minimum Gasteiger partial charge on any atom is -0.439 e. The van der Waals surface area contributed by atoms with E-state index in [1.807, 2.05) is 0 Å². The fraction of sp³-hybridized carbons (Fsp3) is 0.214. The second-order valence-electron chi connectivity index (χ2n) is 4.68. The largest absolute Gasteiger partial charge is 0.439 e. The zero-order valence-electron chi connectivity index (χ0n) is 10.7. The molecule has 1 aliphatic carbocycles. The Labute approximate surface area is 122 Å². The molecule has 6 heteroatoms. The van der Waals surface area contributed by atoms with Crippen molar-refractivity contribution in [3.05, 3.63) is 36.7 Å². The summed E-state index contributed by atoms with van der Waals surface area (Å²) >= 11 is 5.28. The number of nitrogens with zero attached hydrogens (tertiary/aromatic N) is 2. The van der Waals surface area contributed by atoms with Crippen LogP contribution in [0.2, 0.25) is 0 Å². The minimum absolute atomic E-state index is 0.464. The van der Waals surface area contributed by atoms with Crippen LogP contribution < -0.4 is 15.8 Å². The highest BCUT2D eigenvalue weighted by atomic mass is 32.1. The first kappa shape index (κ1) is 12.8. The van der Waals surface area contributed by atoms with Crippen molar-refractivity contribution in [1.82, 2.24) is 9.97 Å². The summed E-state index contributed by atoms with van der Waals surface area (Å²) in [6.07, 6.45) is 3.77. The van der Waals surface area contributed by atoms with E-state index in [-0.39, 0.29) is 0 Å². The van der Waals surface area contributed by atoms with Crippen molar-refractivity contribution >= 4 is 28.7 Å². The van der Waals surface area contributed by atoms with E-state index < -0.39 is 0 Å². The number of ether oxygens (including phenoxy) is 1. The van der Waals surface area contributed by atoms with Gasteiger partial charge in [0.1, 0.15) is 17.9 Å². The SMILES string of the molecule is Nc1ccc(Oc2cc(NC(=S)C3CC3)ncn2)cc1. The average molecular weight is 286 g/mol. The van der Waals surface area contributed by atoms with Gasteiger partial charge in [-0.3, -0.25) is 0 Å². The maximum absolute atomic E-state index is 5.64. The van der Waals surface area contributed by atoms with Gasteiger partial charge in [0.2, 0.25) is 5.88 Å². The third-order valence-electron chi connectivity index (χ3n) is 2.94. The monoisotopic (exact) mass is 286 g/mol. The number of nitrogen functional groups attached to an aromatic ring is 1. The van der Waals surface area contributed by atoms with Crippen LogP contribution in [-0.2, 0) is 0 Å². The molecule has 1 saturated carbocycles. The summed E-state index contributed by atoms with van der Waals surface area (Å²) in [5.74, 6) is 2.29. The number of benzene rings is 1. The van der Waals surface area contributed by atoms with Gasteiger partial charge in [0.25, 0.3) is 0 Å². The fourth-order valence-electron chi connectivity index (χ4n) is 1.69. The lowest BCUT2D eigenvalue weighted by atomic mass is 10.3. The predicted octanol–water partition coefficient (Wildman–Crippen LogP) is 3.00. The van der Waals surface area contributed by atoms with Crippen molar-refractivity contribution in [2.45, 2.75) is 12.8 Å². The van der Waals surface area contributed by atoms with Crippen LogP contribution in [0, 0.1) is 5.92 Å². The zero-order chi connectivity index (χ0) is 13.9. The fourth-order valence-corrected chi connectivity index (χ4v) is 2.03. The van der Waals surface area contributed by atoms with Gasteiger partial charge in [0, 0.05) is 17.7 Å². The average Bonchev–Trinajstić information content (AvgIpc) is 3.26. The number of hydrogen-bond acceptors (Lipinski definition) is 5. The van der Waals surface area contributed by atoms with Gasteiger partial charge in [-0.15, -0.1) is 0 Å². The van der Waals surface area contributed by atoms with Crippen LogP contribution in [0.3, 0.4) is 0 Å². The van der Waals surface area contributed by atoms with Gasteiger partial charge in [0.15, 0.2) is 0 Å². The van der Waals surface area contributed by atoms with Crippen molar-refractivity contribution in [3.63, 3.8) is 0 Å². The summed E-state index contributed by atoms with van der Waals surface area (Å²) in [4.78, 5) is 9.05. The summed E-state index contributed by atoms with van der Waals surface area (Å²) in [7, 11) is 0. The van der Waals surface area contributed by atoms with Gasteiger partial charge in [0.05, 0.1) is 4.99 Å². The molecule has 0 amide bonds. The summed E-state index contributed by atoms with van der Waals surface area (Å²) in [6.45, 7) is 0. The van der Waals surface area contributed by atoms with Crippen LogP contribution in [0.5, 0.6) is 11.6 Å². The highest BCUT2D eigenvalue weighted by Gasteiger charge is 2.26. The number of anilines is 2. The summed E-state index contributed by atoms with van der Waals surface area (Å²) < 4.78 is 5.64. The van der Waals surface area contributed by atoms with Crippen molar-refractivity contribution in [3.8, 4) is 11.6 Å². The third kappa shape index (κ3) is 3.21. The molecule has 20 heavy (non-hydrogen) atoms. The van der Waals surface area contributed by atoms with Crippen LogP contribution in [0.15, 0.2) is 36.7 Å². The molecule has 0 saturated heterocycles. The molecule has 2 aromatic rings. The Morgan fingerprint density at radius 2 is 2.00 bits per heavy atom. The van der Waals surface area contributed by atoms with Gasteiger partial charge < -0.3 is 15.8 Å². The van der Waals surface area contributed by atoms with Gasteiger partial charge in [-0.05, 0) is 37.1 Å². The van der Waals surface area contributed by atoms with Crippen molar-refractivity contribution in [2.24, 2.45) is 5.92 Å². The van der Waals surface area contributed by atoms with Crippen LogP contribution in [0.25, 0.3) is 0 Å². The van der Waals surface area contributed by atoms with Gasteiger partial charge in [-0.25, -0.2) is 9.97 Å². The quantitative estimate of drug-likeness (QED) is 0.665. The second kappa shape index (κ2) is 5.42. The molecule has 0 radical (unpaired) electrons. The molecule has 0 unspecified atom stereocenters. The Balaban J connectivity index is 1.70. The van der Waals surface area contributed by atoms with Crippen molar-refractivity contribution < 1.29 is 4.74 Å². The van der Waals surface area contributed by atoms with E-state index in [1.165, 1.54) is 6.33 Å². The molecule has 3 rings (SSSR count). The van der Waals surface area contributed by atoms with E-state index in [1.54, 1.807) is 30.3 Å². The van der Waals surface area contributed by atoms with Crippen LogP contribution >= 0.6 is 12.2 Å². The van der Waals surface area contributed by atoms with E-state index in [0.717, 1.165) is 17.8 Å². The van der Waals surface area contributed by atoms with E-state index in [0.29, 0.717) is 29.1 Å². The van der Waals surface area contributed by atoms with E-state index >= 15 is 0 Å². The number of nitrogens with two attached hydrogens (primary N) is 1. The molecule has 1 aliphatic rings. The van der Waals surface area contributed by atoms with Crippen LogP contribution in [0.4, 0.5) is 11.5 Å². The second-order valence-corrected chi connectivity index (χ2v) is 5.12. The highest BCUT2D eigenvalue weighted by Crippen LogP contribution is 2.31. The first-order valence-corrected chi connectivity index (χ1v) is 6.78. The highest BCUT2D eigenvalue weighted by molar-refractivity contribution is 7.80. The first-order valence-electron chi connectivity index (χ1n) is 6.37. The van der Waals surface area contributed by atoms with Crippen molar-refractivity contribution in [1.29, 1.82) is 0 Å². The molecule has 0 aliphatic heterocycles. The maximum atomic E-state index is 5.64. The molecule has 0 spiro atoms. The minimum atomic E-state index is 0.464. The summed E-state index contributed by atoms with van der Waals surface area (Å²) in [6, 6.07) is 8.86. The Morgan fingerprint density at radius 1 is 1.25 bits per heavy atom. The predicted molar refractivity (Wildman–Crippen MR) is 81.9 cm³/mol. The molecule has 1 aromatic carbocycles. The molecule has 0 bridgehead atoms. The molecule has 5 nitrogen and oxygen atoms in total. The lowest BCUT2D eigenvalue weighted by Crippen LogP contribution is -2.12. The number of hydrogen-bond donors (Lipinski definition) is 2. The molecule has 1 fully saturated rings. The molecular formula is C14H14N4OS. The standard InChI is InChI=1S/C14H14N4OS/c15-10-3-5-11(6-4-10)19-13-7-12(16-8-17-13)18-14(20)9-1-2-9/h3-9H,1-2,15H2,(H,16,17,18,20). The van der Waals surface area contributed by atoms with E-state index in [4.69, 9.17) is 22.7 Å². The molecular weight excluding hydrogens is 272 g/mol. The zero-order valence-corrected chi connectivity index (χ0v) is 11.6. The van der Waals surface area contributed by atoms with Gasteiger partial charge >= 0.3 is 0 Å². The number of nitrogens with one attached hydrogen (secondary N) is 1. The lowest BCUT2D eigenvalue weighted by Gasteiger charge is -2.08. The van der Waals surface area contributed by atoms with Crippen LogP contribution in [-0.4, -0.2) is 15.0 Å². The maximum Gasteiger partial charge on any atom is 0.224 e. The van der Waals surface area contributed by atoms with E-state index in [9.17, 15) is 0 Å². The van der Waals surface area contributed by atoms with Crippen molar-refractivity contribution in [2.75, 3.05) is 11.1 Å². The molecule has 3 N–H and O–H groups in total. The molecule has 0 atom stereocenters. The molecule has 1 heterocycles. The summed E-state index contributed by atoms with van der Waals surface area (Å²) in [5, 5.41) is 3.12. The Hall–Kier alpha value is -2.21. The Bertz CT molecular complexity index is 625. The third-order valence-corrected chi connectivity index (χ3v) is 3.38. The molecule has 102 valence electrons. The number of aromatic nitrogens is 2. The molecule has 1 aromatic heterocycles. The lowest BCUT2D eigenvalue weighted by molar-refractivity contribution is 0.462. The topological polar surface area (TPSA) is 73.1 Å². The first-order chi connectivity index (χ1) is 9.70. The number of thiocarbonyl (C=S) groups is 1. The normalized spacial score (nSPS) is 13.8. The smallest absolute Gasteiger partial charge is 0.224 e. The van der Waals surface area contributed by atoms with Gasteiger partial charge in [-0.1, -0.05) is 12.2 Å².